The first-order valence-corrected chi connectivity index (χ1v) is 7.39. The first kappa shape index (κ1) is 16.8. The van der Waals surface area contributed by atoms with E-state index >= 15 is 0 Å². The first-order valence-electron chi connectivity index (χ1n) is 7.01. The van der Waals surface area contributed by atoms with Crippen molar-refractivity contribution < 1.29 is 9.53 Å². The predicted octanol–water partition coefficient (Wildman–Crippen LogP) is 2.87. The maximum atomic E-state index is 11.9. The van der Waals surface area contributed by atoms with Crippen molar-refractivity contribution >= 4 is 17.5 Å². The molecule has 1 rings (SSSR count). The Morgan fingerprint density at radius 3 is 2.85 bits per heavy atom. The second-order valence-electron chi connectivity index (χ2n) is 4.71. The van der Waals surface area contributed by atoms with Gasteiger partial charge in [0, 0.05) is 23.7 Å². The van der Waals surface area contributed by atoms with Crippen LogP contribution < -0.4 is 15.8 Å². The lowest BCUT2D eigenvalue weighted by atomic mass is 10.2. The maximum Gasteiger partial charge on any atom is 0.260 e. The molecule has 1 unspecified atom stereocenters. The highest BCUT2D eigenvalue weighted by molar-refractivity contribution is 6.30. The first-order chi connectivity index (χ1) is 9.58. The average Bonchev–Trinajstić information content (AvgIpc) is 2.45. The standard InChI is InChI=1S/C15H23ClN2O2/c1-3-4-5-8-18-15(19)11(2)20-14-7-6-13(16)9-12(14)10-17/h6-7,9,11H,3-5,8,10,17H2,1-2H3,(H,18,19). The fourth-order valence-electron chi connectivity index (χ4n) is 1.80. The number of carbonyl (C=O) groups excluding carboxylic acids is 1. The van der Waals surface area contributed by atoms with Gasteiger partial charge in [0.2, 0.25) is 0 Å². The molecule has 3 N–H and O–H groups in total. The minimum absolute atomic E-state index is 0.112. The number of nitrogens with two attached hydrogens (primary N) is 1. The summed E-state index contributed by atoms with van der Waals surface area (Å²) in [7, 11) is 0. The molecule has 0 aliphatic rings. The molecule has 1 aromatic carbocycles. The summed E-state index contributed by atoms with van der Waals surface area (Å²) in [6.45, 7) is 4.86. The number of hydrogen-bond acceptors (Lipinski definition) is 3. The van der Waals surface area contributed by atoms with Crippen molar-refractivity contribution in [3.63, 3.8) is 0 Å². The molecule has 1 amide bonds. The highest BCUT2D eigenvalue weighted by atomic mass is 35.5. The average molecular weight is 299 g/mol. The van der Waals surface area contributed by atoms with Gasteiger partial charge in [0.05, 0.1) is 0 Å². The molecule has 0 spiro atoms. The number of benzene rings is 1. The molecule has 1 aromatic rings. The zero-order valence-electron chi connectivity index (χ0n) is 12.1. The van der Waals surface area contributed by atoms with Gasteiger partial charge in [-0.1, -0.05) is 31.4 Å². The Kier molecular flexibility index (Phi) is 7.41. The second-order valence-corrected chi connectivity index (χ2v) is 5.15. The van der Waals surface area contributed by atoms with Gasteiger partial charge >= 0.3 is 0 Å². The molecule has 0 aromatic heterocycles. The summed E-state index contributed by atoms with van der Waals surface area (Å²) in [5, 5.41) is 3.47. The zero-order valence-corrected chi connectivity index (χ0v) is 12.9. The molecule has 0 fully saturated rings. The van der Waals surface area contributed by atoms with E-state index < -0.39 is 6.10 Å². The van der Waals surface area contributed by atoms with Crippen molar-refractivity contribution in [2.24, 2.45) is 5.73 Å². The summed E-state index contributed by atoms with van der Waals surface area (Å²) in [5.74, 6) is 0.493. The second kappa shape index (κ2) is 8.82. The lowest BCUT2D eigenvalue weighted by Crippen LogP contribution is -2.37. The minimum atomic E-state index is -0.553. The number of nitrogens with one attached hydrogen (secondary N) is 1. The van der Waals surface area contributed by atoms with Gasteiger partial charge in [-0.3, -0.25) is 4.79 Å². The topological polar surface area (TPSA) is 64.3 Å². The molecule has 5 heteroatoms. The van der Waals surface area contributed by atoms with E-state index in [1.807, 2.05) is 0 Å². The van der Waals surface area contributed by atoms with Crippen LogP contribution in [0, 0.1) is 0 Å². The van der Waals surface area contributed by atoms with Crippen LogP contribution in [0.5, 0.6) is 5.75 Å². The van der Waals surface area contributed by atoms with Crippen LogP contribution in [0.15, 0.2) is 18.2 Å². The third kappa shape index (κ3) is 5.39. The van der Waals surface area contributed by atoms with Gasteiger partial charge in [-0.15, -0.1) is 0 Å². The van der Waals surface area contributed by atoms with E-state index in [1.165, 1.54) is 0 Å². The van der Waals surface area contributed by atoms with E-state index in [1.54, 1.807) is 25.1 Å². The van der Waals surface area contributed by atoms with Crippen LogP contribution in [0.25, 0.3) is 0 Å². The van der Waals surface area contributed by atoms with E-state index in [4.69, 9.17) is 22.1 Å². The van der Waals surface area contributed by atoms with Gasteiger partial charge in [0.25, 0.3) is 5.91 Å². The maximum absolute atomic E-state index is 11.9. The van der Waals surface area contributed by atoms with E-state index in [0.717, 1.165) is 24.8 Å². The monoisotopic (exact) mass is 298 g/mol. The van der Waals surface area contributed by atoms with Gasteiger partial charge in [-0.25, -0.2) is 0 Å². The number of amides is 1. The Morgan fingerprint density at radius 2 is 2.20 bits per heavy atom. The van der Waals surface area contributed by atoms with E-state index in [0.29, 0.717) is 23.9 Å². The summed E-state index contributed by atoms with van der Waals surface area (Å²) < 4.78 is 5.66. The number of unbranched alkanes of at least 4 members (excludes halogenated alkanes) is 2. The number of hydrogen-bond donors (Lipinski definition) is 2. The van der Waals surface area contributed by atoms with Crippen molar-refractivity contribution in [3.8, 4) is 5.75 Å². The molecule has 0 saturated heterocycles. The molecule has 0 aliphatic heterocycles. The van der Waals surface area contributed by atoms with Crippen LogP contribution >= 0.6 is 11.6 Å². The lowest BCUT2D eigenvalue weighted by molar-refractivity contribution is -0.127. The smallest absolute Gasteiger partial charge is 0.260 e. The van der Waals surface area contributed by atoms with Crippen LogP contribution in [-0.4, -0.2) is 18.6 Å². The van der Waals surface area contributed by atoms with Crippen molar-refractivity contribution in [2.75, 3.05) is 6.54 Å². The Morgan fingerprint density at radius 1 is 1.45 bits per heavy atom. The van der Waals surface area contributed by atoms with Crippen LogP contribution in [0.1, 0.15) is 38.7 Å². The number of halogens is 1. The normalized spacial score (nSPS) is 12.0. The fraction of sp³-hybridized carbons (Fsp3) is 0.533. The van der Waals surface area contributed by atoms with Crippen molar-refractivity contribution in [2.45, 2.75) is 45.8 Å². The molecule has 1 atom stereocenters. The molecule has 0 radical (unpaired) electrons. The Labute approximate surface area is 125 Å². The van der Waals surface area contributed by atoms with Gasteiger partial charge in [0.15, 0.2) is 6.10 Å². The molecule has 112 valence electrons. The van der Waals surface area contributed by atoms with Crippen molar-refractivity contribution in [1.82, 2.24) is 5.32 Å². The predicted molar refractivity (Wildman–Crippen MR) is 82.0 cm³/mol. The van der Waals surface area contributed by atoms with Gasteiger partial charge in [-0.2, -0.15) is 0 Å². The summed E-state index contributed by atoms with van der Waals surface area (Å²) in [6.07, 6.45) is 2.68. The number of ether oxygens (including phenoxy) is 1. The Balaban J connectivity index is 2.52. The highest BCUT2D eigenvalue weighted by Gasteiger charge is 2.15. The molecule has 0 bridgehead atoms. The number of rotatable bonds is 8. The van der Waals surface area contributed by atoms with Crippen LogP contribution in [0.4, 0.5) is 0 Å². The van der Waals surface area contributed by atoms with Gasteiger partial charge in [-0.05, 0) is 31.5 Å². The molecule has 4 nitrogen and oxygen atoms in total. The largest absolute Gasteiger partial charge is 0.481 e. The summed E-state index contributed by atoms with van der Waals surface area (Å²) in [4.78, 5) is 11.9. The number of carbonyl (C=O) groups is 1. The quantitative estimate of drug-likeness (QED) is 0.725. The zero-order chi connectivity index (χ0) is 15.0. The van der Waals surface area contributed by atoms with Crippen molar-refractivity contribution in [3.05, 3.63) is 28.8 Å². The third-order valence-electron chi connectivity index (χ3n) is 2.99. The van der Waals surface area contributed by atoms with Gasteiger partial charge in [0.1, 0.15) is 5.75 Å². The fourth-order valence-corrected chi connectivity index (χ4v) is 1.99. The Bertz CT molecular complexity index is 438. The molecule has 20 heavy (non-hydrogen) atoms. The van der Waals surface area contributed by atoms with E-state index in [-0.39, 0.29) is 5.91 Å². The van der Waals surface area contributed by atoms with Crippen LogP contribution in [-0.2, 0) is 11.3 Å². The highest BCUT2D eigenvalue weighted by Crippen LogP contribution is 2.23. The summed E-state index contributed by atoms with van der Waals surface area (Å²) in [6, 6.07) is 5.22. The molecular formula is C15H23ClN2O2. The van der Waals surface area contributed by atoms with Crippen LogP contribution in [0.3, 0.4) is 0 Å². The molecule has 0 heterocycles. The SMILES string of the molecule is CCCCCNC(=O)C(C)Oc1ccc(Cl)cc1CN. The van der Waals surface area contributed by atoms with Gasteiger partial charge < -0.3 is 15.8 Å². The third-order valence-corrected chi connectivity index (χ3v) is 3.23. The molecule has 0 aliphatic carbocycles. The van der Waals surface area contributed by atoms with Crippen molar-refractivity contribution in [1.29, 1.82) is 0 Å². The summed E-state index contributed by atoms with van der Waals surface area (Å²) in [5.41, 5.74) is 6.44. The lowest BCUT2D eigenvalue weighted by Gasteiger charge is -2.17. The Hall–Kier alpha value is -1.26. The molecular weight excluding hydrogens is 276 g/mol. The summed E-state index contributed by atoms with van der Waals surface area (Å²) >= 11 is 5.90. The van der Waals surface area contributed by atoms with Crippen LogP contribution in [0.2, 0.25) is 5.02 Å². The van der Waals surface area contributed by atoms with E-state index in [9.17, 15) is 4.79 Å². The molecule has 0 saturated carbocycles. The minimum Gasteiger partial charge on any atom is -0.481 e. The van der Waals surface area contributed by atoms with E-state index in [2.05, 4.69) is 12.2 Å².